The molecular formula is C12H17NO. The van der Waals surface area contributed by atoms with Crippen molar-refractivity contribution in [3.05, 3.63) is 28.8 Å². The largest absolute Gasteiger partial charge is 0.508 e. The maximum absolute atomic E-state index is 9.74. The normalized spacial score (nSPS) is 15.2. The first-order valence-corrected chi connectivity index (χ1v) is 5.35. The number of phenols is 1. The lowest BCUT2D eigenvalue weighted by Crippen LogP contribution is -2.10. The number of aromatic hydroxyl groups is 1. The molecule has 2 nitrogen and oxygen atoms in total. The van der Waals surface area contributed by atoms with Crippen LogP contribution in [0.2, 0.25) is 0 Å². The zero-order chi connectivity index (χ0) is 9.97. The Kier molecular flexibility index (Phi) is 2.73. The fourth-order valence-electron chi connectivity index (χ4n) is 2.32. The highest BCUT2D eigenvalue weighted by molar-refractivity contribution is 5.45. The molecule has 0 atom stereocenters. The van der Waals surface area contributed by atoms with Crippen LogP contribution >= 0.6 is 0 Å². The van der Waals surface area contributed by atoms with E-state index in [4.69, 9.17) is 5.73 Å². The van der Waals surface area contributed by atoms with Gasteiger partial charge >= 0.3 is 0 Å². The van der Waals surface area contributed by atoms with Crippen LogP contribution in [0.15, 0.2) is 12.1 Å². The Bertz CT molecular complexity index is 333. The number of aryl methyl sites for hydroxylation is 1. The fraction of sp³-hybridized carbons (Fsp3) is 0.500. The predicted octanol–water partition coefficient (Wildman–Crippen LogP) is 1.77. The van der Waals surface area contributed by atoms with E-state index < -0.39 is 0 Å². The van der Waals surface area contributed by atoms with Crippen molar-refractivity contribution in [2.75, 3.05) is 6.54 Å². The van der Waals surface area contributed by atoms with Crippen molar-refractivity contribution in [2.24, 2.45) is 5.73 Å². The Morgan fingerprint density at radius 3 is 2.79 bits per heavy atom. The Morgan fingerprint density at radius 2 is 2.00 bits per heavy atom. The lowest BCUT2D eigenvalue weighted by Gasteiger charge is -2.20. The molecule has 1 aliphatic rings. The van der Waals surface area contributed by atoms with Crippen molar-refractivity contribution in [3.8, 4) is 5.75 Å². The van der Waals surface area contributed by atoms with Gasteiger partial charge in [0.25, 0.3) is 0 Å². The fourth-order valence-corrected chi connectivity index (χ4v) is 2.32. The zero-order valence-corrected chi connectivity index (χ0v) is 8.42. The molecule has 1 aromatic rings. The minimum atomic E-state index is 0.427. The molecule has 0 spiro atoms. The average molecular weight is 191 g/mol. The highest BCUT2D eigenvalue weighted by Gasteiger charge is 2.15. The van der Waals surface area contributed by atoms with Crippen molar-refractivity contribution >= 4 is 0 Å². The van der Waals surface area contributed by atoms with E-state index in [2.05, 4.69) is 6.07 Å². The van der Waals surface area contributed by atoms with Gasteiger partial charge in [-0.2, -0.15) is 0 Å². The third kappa shape index (κ3) is 1.62. The van der Waals surface area contributed by atoms with Gasteiger partial charge in [-0.1, -0.05) is 6.07 Å². The second-order valence-corrected chi connectivity index (χ2v) is 3.95. The van der Waals surface area contributed by atoms with Gasteiger partial charge in [-0.25, -0.2) is 0 Å². The first kappa shape index (κ1) is 9.53. The standard InChI is InChI=1S/C12H17NO/c13-8-7-11-10-4-2-1-3-9(10)5-6-12(11)14/h5-6,14H,1-4,7-8,13H2. The lowest BCUT2D eigenvalue weighted by molar-refractivity contribution is 0.465. The van der Waals surface area contributed by atoms with E-state index in [1.54, 1.807) is 0 Å². The maximum Gasteiger partial charge on any atom is 0.119 e. The molecule has 1 aliphatic carbocycles. The topological polar surface area (TPSA) is 46.2 Å². The molecule has 0 unspecified atom stereocenters. The van der Waals surface area contributed by atoms with E-state index in [0.717, 1.165) is 24.8 Å². The summed E-state index contributed by atoms with van der Waals surface area (Å²) in [7, 11) is 0. The highest BCUT2D eigenvalue weighted by atomic mass is 16.3. The molecule has 0 heterocycles. The van der Waals surface area contributed by atoms with Crippen molar-refractivity contribution in [1.82, 2.24) is 0 Å². The minimum Gasteiger partial charge on any atom is -0.508 e. The summed E-state index contributed by atoms with van der Waals surface area (Å²) in [6.45, 7) is 0.615. The summed E-state index contributed by atoms with van der Waals surface area (Å²) in [5.41, 5.74) is 9.42. The SMILES string of the molecule is NCCc1c(O)ccc2c1CCCC2. The summed E-state index contributed by atoms with van der Waals surface area (Å²) in [4.78, 5) is 0. The summed E-state index contributed by atoms with van der Waals surface area (Å²) in [6.07, 6.45) is 5.59. The third-order valence-electron chi connectivity index (χ3n) is 3.02. The van der Waals surface area contributed by atoms with Gasteiger partial charge in [0.05, 0.1) is 0 Å². The van der Waals surface area contributed by atoms with Crippen LogP contribution in [-0.4, -0.2) is 11.7 Å². The molecule has 0 amide bonds. The minimum absolute atomic E-state index is 0.427. The number of benzene rings is 1. The summed E-state index contributed by atoms with van der Waals surface area (Å²) in [6, 6.07) is 3.87. The molecule has 0 saturated heterocycles. The van der Waals surface area contributed by atoms with Gasteiger partial charge in [-0.15, -0.1) is 0 Å². The van der Waals surface area contributed by atoms with Crippen LogP contribution in [0.3, 0.4) is 0 Å². The molecule has 0 aliphatic heterocycles. The average Bonchev–Trinajstić information content (AvgIpc) is 2.23. The lowest BCUT2D eigenvalue weighted by atomic mass is 9.87. The van der Waals surface area contributed by atoms with Gasteiger partial charge in [0.2, 0.25) is 0 Å². The van der Waals surface area contributed by atoms with Crippen molar-refractivity contribution in [2.45, 2.75) is 32.1 Å². The van der Waals surface area contributed by atoms with E-state index in [1.165, 1.54) is 24.0 Å². The molecule has 0 aromatic heterocycles. The van der Waals surface area contributed by atoms with E-state index in [0.29, 0.717) is 12.3 Å². The molecule has 2 heteroatoms. The first-order chi connectivity index (χ1) is 6.83. The third-order valence-corrected chi connectivity index (χ3v) is 3.02. The Labute approximate surface area is 84.7 Å². The van der Waals surface area contributed by atoms with Gasteiger partial charge in [-0.05, 0) is 61.4 Å². The van der Waals surface area contributed by atoms with Gasteiger partial charge < -0.3 is 10.8 Å². The summed E-state index contributed by atoms with van der Waals surface area (Å²) in [5, 5.41) is 9.74. The number of phenolic OH excluding ortho intramolecular Hbond substituents is 1. The van der Waals surface area contributed by atoms with Crippen LogP contribution in [-0.2, 0) is 19.3 Å². The van der Waals surface area contributed by atoms with E-state index >= 15 is 0 Å². The number of hydrogen-bond donors (Lipinski definition) is 2. The molecule has 14 heavy (non-hydrogen) atoms. The van der Waals surface area contributed by atoms with Crippen LogP contribution in [0.1, 0.15) is 29.5 Å². The Hall–Kier alpha value is -1.02. The number of fused-ring (bicyclic) bond motifs is 1. The molecule has 1 aromatic carbocycles. The summed E-state index contributed by atoms with van der Waals surface area (Å²) >= 11 is 0. The van der Waals surface area contributed by atoms with Crippen molar-refractivity contribution in [1.29, 1.82) is 0 Å². The summed E-state index contributed by atoms with van der Waals surface area (Å²) < 4.78 is 0. The maximum atomic E-state index is 9.74. The van der Waals surface area contributed by atoms with Crippen molar-refractivity contribution in [3.63, 3.8) is 0 Å². The van der Waals surface area contributed by atoms with Crippen LogP contribution < -0.4 is 5.73 Å². The first-order valence-electron chi connectivity index (χ1n) is 5.35. The Balaban J connectivity index is 2.43. The van der Waals surface area contributed by atoms with E-state index in [9.17, 15) is 5.11 Å². The molecule has 2 rings (SSSR count). The highest BCUT2D eigenvalue weighted by Crippen LogP contribution is 2.30. The molecule has 0 fully saturated rings. The van der Waals surface area contributed by atoms with Gasteiger partial charge in [0.1, 0.15) is 5.75 Å². The van der Waals surface area contributed by atoms with Gasteiger partial charge in [0, 0.05) is 0 Å². The molecular weight excluding hydrogens is 174 g/mol. The second kappa shape index (κ2) is 4.01. The molecule has 0 saturated carbocycles. The zero-order valence-electron chi connectivity index (χ0n) is 8.42. The summed E-state index contributed by atoms with van der Waals surface area (Å²) in [5.74, 6) is 0.427. The van der Waals surface area contributed by atoms with Crippen LogP contribution in [0, 0.1) is 0 Å². The number of rotatable bonds is 2. The van der Waals surface area contributed by atoms with Crippen molar-refractivity contribution < 1.29 is 5.11 Å². The second-order valence-electron chi connectivity index (χ2n) is 3.95. The van der Waals surface area contributed by atoms with Gasteiger partial charge in [-0.3, -0.25) is 0 Å². The van der Waals surface area contributed by atoms with E-state index in [1.807, 2.05) is 6.07 Å². The van der Waals surface area contributed by atoms with E-state index in [-0.39, 0.29) is 0 Å². The van der Waals surface area contributed by atoms with Crippen LogP contribution in [0.4, 0.5) is 0 Å². The van der Waals surface area contributed by atoms with Crippen LogP contribution in [0.5, 0.6) is 5.75 Å². The molecule has 0 radical (unpaired) electrons. The monoisotopic (exact) mass is 191 g/mol. The number of nitrogens with two attached hydrogens (primary N) is 1. The molecule has 3 N–H and O–H groups in total. The van der Waals surface area contributed by atoms with Gasteiger partial charge in [0.15, 0.2) is 0 Å². The predicted molar refractivity (Wildman–Crippen MR) is 57.5 cm³/mol. The smallest absolute Gasteiger partial charge is 0.119 e. The van der Waals surface area contributed by atoms with Crippen LogP contribution in [0.25, 0.3) is 0 Å². The number of hydrogen-bond acceptors (Lipinski definition) is 2. The molecule has 76 valence electrons. The quantitative estimate of drug-likeness (QED) is 0.748. The Morgan fingerprint density at radius 1 is 1.21 bits per heavy atom. The molecule has 0 bridgehead atoms.